The number of amides is 1. The maximum Gasteiger partial charge on any atom is 0.305 e. The Morgan fingerprint density at radius 1 is 1.30 bits per heavy atom. The van der Waals surface area contributed by atoms with Crippen LogP contribution in [0.15, 0.2) is 30.5 Å². The highest BCUT2D eigenvalue weighted by atomic mass is 19.1. The van der Waals surface area contributed by atoms with Gasteiger partial charge in [0.1, 0.15) is 5.82 Å². The van der Waals surface area contributed by atoms with Gasteiger partial charge >= 0.3 is 5.97 Å². The smallest absolute Gasteiger partial charge is 0.305 e. The highest BCUT2D eigenvalue weighted by Crippen LogP contribution is 2.14. The number of hydrogen-bond donors (Lipinski definition) is 1. The van der Waals surface area contributed by atoms with E-state index in [1.54, 1.807) is 23.7 Å². The molecule has 0 atom stereocenters. The molecule has 0 fully saturated rings. The Kier molecular flexibility index (Phi) is 5.46. The number of methoxy groups -OCH3 is 1. The molecule has 0 aliphatic heterocycles. The van der Waals surface area contributed by atoms with Crippen LogP contribution in [-0.4, -0.2) is 35.3 Å². The van der Waals surface area contributed by atoms with Crippen LogP contribution in [-0.2, 0) is 9.53 Å². The number of hydrogen-bond acceptors (Lipinski definition) is 4. The topological polar surface area (TPSA) is 73.2 Å². The van der Waals surface area contributed by atoms with Gasteiger partial charge in [-0.15, -0.1) is 0 Å². The molecule has 2 rings (SSSR count). The summed E-state index contributed by atoms with van der Waals surface area (Å²) in [6, 6.07) is 5.85. The van der Waals surface area contributed by atoms with Crippen LogP contribution in [0, 0.1) is 12.7 Å². The SMILES string of the molecule is COC(=O)CCCNC(=O)c1cnn(-c2ccc(F)cc2)c1C. The molecule has 0 radical (unpaired) electrons. The van der Waals surface area contributed by atoms with E-state index in [9.17, 15) is 14.0 Å². The highest BCUT2D eigenvalue weighted by molar-refractivity contribution is 5.95. The van der Waals surface area contributed by atoms with E-state index in [0.717, 1.165) is 0 Å². The zero-order chi connectivity index (χ0) is 16.8. The number of nitrogens with one attached hydrogen (secondary N) is 1. The molecule has 0 aliphatic rings. The maximum atomic E-state index is 13.0. The first-order chi connectivity index (χ1) is 11.0. The monoisotopic (exact) mass is 319 g/mol. The van der Waals surface area contributed by atoms with Crippen LogP contribution in [0.2, 0.25) is 0 Å². The van der Waals surface area contributed by atoms with Crippen molar-refractivity contribution in [2.24, 2.45) is 0 Å². The number of benzene rings is 1. The Balaban J connectivity index is 1.99. The molecule has 0 aliphatic carbocycles. The molecular weight excluding hydrogens is 301 g/mol. The number of rotatable bonds is 6. The van der Waals surface area contributed by atoms with Crippen molar-refractivity contribution >= 4 is 11.9 Å². The highest BCUT2D eigenvalue weighted by Gasteiger charge is 2.15. The summed E-state index contributed by atoms with van der Waals surface area (Å²) >= 11 is 0. The van der Waals surface area contributed by atoms with Gasteiger partial charge in [0.2, 0.25) is 0 Å². The van der Waals surface area contributed by atoms with Crippen LogP contribution in [0.25, 0.3) is 5.69 Å². The quantitative estimate of drug-likeness (QED) is 0.653. The summed E-state index contributed by atoms with van der Waals surface area (Å²) in [6.07, 6.45) is 2.22. The van der Waals surface area contributed by atoms with Gasteiger partial charge in [-0.2, -0.15) is 5.10 Å². The third-order valence-corrected chi connectivity index (χ3v) is 3.40. The summed E-state index contributed by atoms with van der Waals surface area (Å²) in [7, 11) is 1.33. The molecule has 0 bridgehead atoms. The Hall–Kier alpha value is -2.70. The third kappa shape index (κ3) is 4.15. The van der Waals surface area contributed by atoms with Crippen molar-refractivity contribution in [3.63, 3.8) is 0 Å². The Bertz CT molecular complexity index is 695. The third-order valence-electron chi connectivity index (χ3n) is 3.40. The molecule has 1 aromatic heterocycles. The molecule has 2 aromatic rings. The molecule has 6 nitrogen and oxygen atoms in total. The molecule has 0 saturated carbocycles. The molecule has 0 spiro atoms. The number of aromatic nitrogens is 2. The van der Waals surface area contributed by atoms with Crippen LogP contribution >= 0.6 is 0 Å². The molecule has 122 valence electrons. The summed E-state index contributed by atoms with van der Waals surface area (Å²) in [6.45, 7) is 2.13. The summed E-state index contributed by atoms with van der Waals surface area (Å²) in [5.41, 5.74) is 1.77. The molecule has 7 heteroatoms. The number of carbonyl (C=O) groups excluding carboxylic acids is 2. The van der Waals surface area contributed by atoms with Gasteiger partial charge in [-0.3, -0.25) is 9.59 Å². The van der Waals surface area contributed by atoms with Gasteiger partial charge in [-0.25, -0.2) is 9.07 Å². The normalized spacial score (nSPS) is 10.4. The van der Waals surface area contributed by atoms with Crippen molar-refractivity contribution in [1.82, 2.24) is 15.1 Å². The molecule has 1 amide bonds. The average Bonchev–Trinajstić information content (AvgIpc) is 2.93. The van der Waals surface area contributed by atoms with Crippen LogP contribution in [0.1, 0.15) is 28.9 Å². The molecule has 1 aromatic carbocycles. The van der Waals surface area contributed by atoms with Gasteiger partial charge < -0.3 is 10.1 Å². The molecule has 0 saturated heterocycles. The van der Waals surface area contributed by atoms with Crippen LogP contribution in [0.5, 0.6) is 0 Å². The number of esters is 1. The van der Waals surface area contributed by atoms with E-state index < -0.39 is 0 Å². The first-order valence-electron chi connectivity index (χ1n) is 7.18. The predicted molar refractivity (Wildman–Crippen MR) is 81.8 cm³/mol. The fraction of sp³-hybridized carbons (Fsp3) is 0.312. The van der Waals surface area contributed by atoms with E-state index in [0.29, 0.717) is 29.9 Å². The van der Waals surface area contributed by atoms with Crippen molar-refractivity contribution in [3.8, 4) is 5.69 Å². The van der Waals surface area contributed by atoms with Crippen LogP contribution in [0.4, 0.5) is 4.39 Å². The summed E-state index contributed by atoms with van der Waals surface area (Å²) in [4.78, 5) is 23.1. The van der Waals surface area contributed by atoms with Gasteiger partial charge in [0.25, 0.3) is 5.91 Å². The van der Waals surface area contributed by atoms with Gasteiger partial charge in [0, 0.05) is 13.0 Å². The van der Waals surface area contributed by atoms with E-state index in [-0.39, 0.29) is 24.1 Å². The zero-order valence-electron chi connectivity index (χ0n) is 13.0. The lowest BCUT2D eigenvalue weighted by molar-refractivity contribution is -0.140. The van der Waals surface area contributed by atoms with E-state index >= 15 is 0 Å². The number of halogens is 1. The second-order valence-electron chi connectivity index (χ2n) is 4.97. The molecule has 1 N–H and O–H groups in total. The molecule has 1 heterocycles. The minimum atomic E-state index is -0.331. The number of carbonyl (C=O) groups is 2. The van der Waals surface area contributed by atoms with Gasteiger partial charge in [0.05, 0.1) is 30.3 Å². The van der Waals surface area contributed by atoms with Crippen molar-refractivity contribution in [1.29, 1.82) is 0 Å². The lowest BCUT2D eigenvalue weighted by Crippen LogP contribution is -2.25. The second-order valence-corrected chi connectivity index (χ2v) is 4.97. The van der Waals surface area contributed by atoms with Gasteiger partial charge in [0.15, 0.2) is 0 Å². The van der Waals surface area contributed by atoms with E-state index in [1.165, 1.54) is 25.4 Å². The fourth-order valence-electron chi connectivity index (χ4n) is 2.11. The minimum Gasteiger partial charge on any atom is -0.469 e. The van der Waals surface area contributed by atoms with Crippen LogP contribution < -0.4 is 5.32 Å². The summed E-state index contributed by atoms with van der Waals surface area (Å²) < 4.78 is 19.1. The van der Waals surface area contributed by atoms with Crippen molar-refractivity contribution < 1.29 is 18.7 Å². The van der Waals surface area contributed by atoms with Crippen molar-refractivity contribution in [2.75, 3.05) is 13.7 Å². The lowest BCUT2D eigenvalue weighted by Gasteiger charge is -2.06. The number of ether oxygens (including phenoxy) is 1. The molecule has 0 unspecified atom stereocenters. The zero-order valence-corrected chi connectivity index (χ0v) is 13.0. The average molecular weight is 319 g/mol. The van der Waals surface area contributed by atoms with E-state index in [2.05, 4.69) is 15.2 Å². The molecule has 23 heavy (non-hydrogen) atoms. The van der Waals surface area contributed by atoms with E-state index in [1.807, 2.05) is 0 Å². The van der Waals surface area contributed by atoms with E-state index in [4.69, 9.17) is 0 Å². The Morgan fingerprint density at radius 2 is 2.00 bits per heavy atom. The van der Waals surface area contributed by atoms with Crippen LogP contribution in [0.3, 0.4) is 0 Å². The summed E-state index contributed by atoms with van der Waals surface area (Å²) in [5.74, 6) is -0.901. The Labute approximate surface area is 133 Å². The Morgan fingerprint density at radius 3 is 2.65 bits per heavy atom. The second kappa shape index (κ2) is 7.53. The van der Waals surface area contributed by atoms with Crippen molar-refractivity contribution in [3.05, 3.63) is 47.5 Å². The molecular formula is C16H18FN3O3. The first-order valence-corrected chi connectivity index (χ1v) is 7.18. The van der Waals surface area contributed by atoms with Crippen molar-refractivity contribution in [2.45, 2.75) is 19.8 Å². The first kappa shape index (κ1) is 16.7. The summed E-state index contributed by atoms with van der Waals surface area (Å²) in [5, 5.41) is 6.90. The standard InChI is InChI=1S/C16H18FN3O3/c1-11-14(16(22)18-9-3-4-15(21)23-2)10-19-20(11)13-7-5-12(17)6-8-13/h5-8,10H,3-4,9H2,1-2H3,(H,18,22). The van der Waals surface area contributed by atoms with Gasteiger partial charge in [-0.05, 0) is 37.6 Å². The minimum absolute atomic E-state index is 0.255. The number of nitrogens with zero attached hydrogens (tertiary/aromatic N) is 2. The largest absolute Gasteiger partial charge is 0.469 e. The van der Waals surface area contributed by atoms with Gasteiger partial charge in [-0.1, -0.05) is 0 Å². The lowest BCUT2D eigenvalue weighted by atomic mass is 10.2. The predicted octanol–water partition coefficient (Wildman–Crippen LogP) is 2.00. The maximum absolute atomic E-state index is 13.0. The fourth-order valence-corrected chi connectivity index (χ4v) is 2.11.